The Morgan fingerprint density at radius 1 is 1.24 bits per heavy atom. The first-order valence-corrected chi connectivity index (χ1v) is 6.97. The van der Waals surface area contributed by atoms with Crippen LogP contribution >= 0.6 is 47.8 Å². The van der Waals surface area contributed by atoms with Crippen molar-refractivity contribution >= 4 is 54.1 Å². The first-order valence-electron chi connectivity index (χ1n) is 4.59. The summed E-state index contributed by atoms with van der Waals surface area (Å²) < 4.78 is 4.50. The van der Waals surface area contributed by atoms with Gasteiger partial charge in [0.2, 0.25) is 0 Å². The SMILES string of the molecule is O=Cc1cn(Cc2cc(Br)c(Br)c(Br)c2)nn1. The van der Waals surface area contributed by atoms with Crippen molar-refractivity contribution in [1.29, 1.82) is 0 Å². The van der Waals surface area contributed by atoms with Crippen molar-refractivity contribution in [1.82, 2.24) is 15.0 Å². The second-order valence-electron chi connectivity index (χ2n) is 3.33. The minimum Gasteiger partial charge on any atom is -0.296 e. The highest BCUT2D eigenvalue weighted by atomic mass is 79.9. The molecule has 0 spiro atoms. The minimum atomic E-state index is 0.334. The Morgan fingerprint density at radius 2 is 1.88 bits per heavy atom. The fraction of sp³-hybridized carbons (Fsp3) is 0.100. The first-order chi connectivity index (χ1) is 8.10. The monoisotopic (exact) mass is 421 g/mol. The van der Waals surface area contributed by atoms with Gasteiger partial charge in [0, 0.05) is 13.4 Å². The summed E-state index contributed by atoms with van der Waals surface area (Å²) in [6.45, 7) is 0.561. The highest BCUT2D eigenvalue weighted by Crippen LogP contribution is 2.32. The molecule has 0 N–H and O–H groups in total. The summed E-state index contributed by atoms with van der Waals surface area (Å²) in [5, 5.41) is 7.56. The Bertz CT molecular complexity index is 545. The van der Waals surface area contributed by atoms with Crippen LogP contribution in [0.1, 0.15) is 16.1 Å². The molecular formula is C10H6Br3N3O. The molecule has 88 valence electrons. The number of aromatic nitrogens is 3. The third-order valence-electron chi connectivity index (χ3n) is 2.07. The molecule has 1 aromatic carbocycles. The fourth-order valence-electron chi connectivity index (χ4n) is 1.33. The summed E-state index contributed by atoms with van der Waals surface area (Å²) in [5.74, 6) is 0. The van der Waals surface area contributed by atoms with E-state index in [4.69, 9.17) is 0 Å². The molecule has 0 saturated carbocycles. The van der Waals surface area contributed by atoms with Gasteiger partial charge in [-0.1, -0.05) is 5.21 Å². The van der Waals surface area contributed by atoms with Crippen LogP contribution in [0.3, 0.4) is 0 Å². The molecule has 0 radical (unpaired) electrons. The molecule has 0 fully saturated rings. The maximum Gasteiger partial charge on any atom is 0.171 e. The summed E-state index contributed by atoms with van der Waals surface area (Å²) in [5.41, 5.74) is 1.38. The molecule has 0 unspecified atom stereocenters. The van der Waals surface area contributed by atoms with Gasteiger partial charge in [-0.3, -0.25) is 4.79 Å². The number of hydrogen-bond acceptors (Lipinski definition) is 3. The zero-order chi connectivity index (χ0) is 12.4. The zero-order valence-electron chi connectivity index (χ0n) is 8.40. The smallest absolute Gasteiger partial charge is 0.171 e. The van der Waals surface area contributed by atoms with Gasteiger partial charge >= 0.3 is 0 Å². The molecular weight excluding hydrogens is 418 g/mol. The molecule has 4 nitrogen and oxygen atoms in total. The maximum atomic E-state index is 10.5. The molecule has 0 saturated heterocycles. The zero-order valence-corrected chi connectivity index (χ0v) is 13.2. The summed E-state index contributed by atoms with van der Waals surface area (Å²) >= 11 is 10.3. The van der Waals surface area contributed by atoms with Crippen LogP contribution in [0, 0.1) is 0 Å². The second-order valence-corrected chi connectivity index (χ2v) is 5.83. The molecule has 2 aromatic rings. The summed E-state index contributed by atoms with van der Waals surface area (Å²) in [4.78, 5) is 10.5. The van der Waals surface area contributed by atoms with Crippen LogP contribution in [0.4, 0.5) is 0 Å². The lowest BCUT2D eigenvalue weighted by molar-refractivity contribution is 0.111. The van der Waals surface area contributed by atoms with Crippen LogP contribution in [-0.4, -0.2) is 21.3 Å². The lowest BCUT2D eigenvalue weighted by Gasteiger charge is -2.05. The highest BCUT2D eigenvalue weighted by Gasteiger charge is 2.06. The van der Waals surface area contributed by atoms with E-state index in [1.54, 1.807) is 10.9 Å². The van der Waals surface area contributed by atoms with E-state index in [9.17, 15) is 4.79 Å². The Kier molecular flexibility index (Phi) is 4.11. The highest BCUT2D eigenvalue weighted by molar-refractivity contribution is 9.14. The van der Waals surface area contributed by atoms with Crippen molar-refractivity contribution < 1.29 is 4.79 Å². The van der Waals surface area contributed by atoms with E-state index in [0.717, 1.165) is 19.0 Å². The number of carbonyl (C=O) groups excluding carboxylic acids is 1. The van der Waals surface area contributed by atoms with Crippen molar-refractivity contribution in [2.24, 2.45) is 0 Å². The molecule has 0 aliphatic heterocycles. The van der Waals surface area contributed by atoms with Gasteiger partial charge in [0.25, 0.3) is 0 Å². The van der Waals surface area contributed by atoms with Crippen molar-refractivity contribution in [2.45, 2.75) is 6.54 Å². The van der Waals surface area contributed by atoms with Crippen molar-refractivity contribution in [3.63, 3.8) is 0 Å². The lowest BCUT2D eigenvalue weighted by Crippen LogP contribution is -2.00. The average molecular weight is 424 g/mol. The van der Waals surface area contributed by atoms with E-state index in [2.05, 4.69) is 58.1 Å². The number of halogens is 3. The van der Waals surface area contributed by atoms with Crippen LogP contribution in [0.15, 0.2) is 31.7 Å². The first kappa shape index (κ1) is 12.9. The second kappa shape index (κ2) is 5.41. The quantitative estimate of drug-likeness (QED) is 0.561. The molecule has 17 heavy (non-hydrogen) atoms. The molecule has 0 bridgehead atoms. The Morgan fingerprint density at radius 3 is 2.41 bits per heavy atom. The molecule has 2 rings (SSSR count). The van der Waals surface area contributed by atoms with Gasteiger partial charge in [0.05, 0.1) is 12.7 Å². The Balaban J connectivity index is 2.27. The van der Waals surface area contributed by atoms with E-state index in [0.29, 0.717) is 18.5 Å². The number of rotatable bonds is 3. The number of hydrogen-bond donors (Lipinski definition) is 0. The van der Waals surface area contributed by atoms with Crippen LogP contribution in [-0.2, 0) is 6.54 Å². The van der Waals surface area contributed by atoms with E-state index in [1.807, 2.05) is 12.1 Å². The maximum absolute atomic E-state index is 10.5. The Labute approximate surface area is 123 Å². The Hall–Kier alpha value is -0.530. The summed E-state index contributed by atoms with van der Waals surface area (Å²) in [6, 6.07) is 3.97. The topological polar surface area (TPSA) is 47.8 Å². The van der Waals surface area contributed by atoms with Crippen molar-refractivity contribution in [3.8, 4) is 0 Å². The van der Waals surface area contributed by atoms with Crippen molar-refractivity contribution in [2.75, 3.05) is 0 Å². The average Bonchev–Trinajstić information content (AvgIpc) is 2.73. The van der Waals surface area contributed by atoms with E-state index in [1.165, 1.54) is 0 Å². The van der Waals surface area contributed by atoms with Gasteiger partial charge < -0.3 is 0 Å². The van der Waals surface area contributed by atoms with Crippen LogP contribution < -0.4 is 0 Å². The molecule has 7 heteroatoms. The number of aldehydes is 1. The fourth-order valence-corrected chi connectivity index (χ4v) is 2.84. The van der Waals surface area contributed by atoms with E-state index >= 15 is 0 Å². The van der Waals surface area contributed by atoms with E-state index < -0.39 is 0 Å². The van der Waals surface area contributed by atoms with Gasteiger partial charge in [0.15, 0.2) is 6.29 Å². The van der Waals surface area contributed by atoms with Crippen LogP contribution in [0.2, 0.25) is 0 Å². The molecule has 1 aromatic heterocycles. The van der Waals surface area contributed by atoms with Crippen molar-refractivity contribution in [3.05, 3.63) is 43.0 Å². The van der Waals surface area contributed by atoms with Gasteiger partial charge in [-0.2, -0.15) is 0 Å². The third-order valence-corrected chi connectivity index (χ3v) is 5.23. The van der Waals surface area contributed by atoms with E-state index in [-0.39, 0.29) is 0 Å². The third kappa shape index (κ3) is 3.02. The summed E-state index contributed by atoms with van der Waals surface area (Å²) in [6.07, 6.45) is 2.29. The normalized spacial score (nSPS) is 10.5. The lowest BCUT2D eigenvalue weighted by atomic mass is 10.2. The molecule has 1 heterocycles. The molecule has 0 atom stereocenters. The summed E-state index contributed by atoms with van der Waals surface area (Å²) in [7, 11) is 0. The number of carbonyl (C=O) groups is 1. The molecule has 0 aliphatic carbocycles. The predicted molar refractivity (Wildman–Crippen MR) is 74.1 cm³/mol. The van der Waals surface area contributed by atoms with Gasteiger partial charge in [-0.15, -0.1) is 5.10 Å². The minimum absolute atomic E-state index is 0.334. The number of nitrogens with zero attached hydrogens (tertiary/aromatic N) is 3. The number of benzene rings is 1. The molecule has 0 amide bonds. The van der Waals surface area contributed by atoms with Gasteiger partial charge in [-0.25, -0.2) is 4.68 Å². The van der Waals surface area contributed by atoms with Gasteiger partial charge in [-0.05, 0) is 65.5 Å². The van der Waals surface area contributed by atoms with Crippen LogP contribution in [0.25, 0.3) is 0 Å². The standard InChI is InChI=1S/C10H6Br3N3O/c11-8-1-6(2-9(12)10(8)13)3-16-4-7(5-17)14-15-16/h1-2,4-5H,3H2. The predicted octanol–water partition coefficient (Wildman–Crippen LogP) is 3.43. The van der Waals surface area contributed by atoms with Crippen LogP contribution in [0.5, 0.6) is 0 Å². The van der Waals surface area contributed by atoms with Gasteiger partial charge in [0.1, 0.15) is 5.69 Å². The largest absolute Gasteiger partial charge is 0.296 e. The molecule has 0 aliphatic rings.